The van der Waals surface area contributed by atoms with E-state index in [9.17, 15) is 4.79 Å². The highest BCUT2D eigenvalue weighted by Crippen LogP contribution is 2.24. The van der Waals surface area contributed by atoms with Crippen molar-refractivity contribution in [1.29, 1.82) is 0 Å². The van der Waals surface area contributed by atoms with E-state index < -0.39 is 12.8 Å². The van der Waals surface area contributed by atoms with Crippen molar-refractivity contribution < 1.29 is 15.1 Å². The van der Waals surface area contributed by atoms with Crippen molar-refractivity contribution in [2.24, 2.45) is 0 Å². The van der Waals surface area contributed by atoms with Crippen LogP contribution in [0.15, 0.2) is 36.4 Å². The molecule has 0 unspecified atom stereocenters. The van der Waals surface area contributed by atoms with Gasteiger partial charge in [-0.25, -0.2) is 0 Å². The molecule has 0 fully saturated rings. The Bertz CT molecular complexity index is 685. The summed E-state index contributed by atoms with van der Waals surface area (Å²) >= 11 is 0. The minimum absolute atomic E-state index is 0.0214. The molecule has 0 spiro atoms. The van der Waals surface area contributed by atoms with Crippen LogP contribution in [0.5, 0.6) is 5.75 Å². The summed E-state index contributed by atoms with van der Waals surface area (Å²) in [5.74, 6) is -0.438. The average molecular weight is 247 g/mol. The number of hydrogen-bond acceptors (Lipinski definition) is 2. The Labute approximate surface area is 112 Å². The van der Waals surface area contributed by atoms with Crippen molar-refractivity contribution in [2.45, 2.75) is 13.3 Å². The Morgan fingerprint density at radius 2 is 2.33 bits per heavy atom. The van der Waals surface area contributed by atoms with Crippen LogP contribution in [-0.4, -0.2) is 19.6 Å². The fraction of sp³-hybridized carbons (Fsp3) is 0.267. The molecule has 0 aliphatic heterocycles. The van der Waals surface area contributed by atoms with Crippen LogP contribution in [0, 0.1) is 0 Å². The summed E-state index contributed by atoms with van der Waals surface area (Å²) in [6.45, 7) is -2.75. The zero-order chi connectivity index (χ0) is 16.3. The zero-order valence-electron chi connectivity index (χ0n) is 14.1. The van der Waals surface area contributed by atoms with Crippen molar-refractivity contribution in [3.8, 4) is 5.75 Å². The summed E-state index contributed by atoms with van der Waals surface area (Å²) in [5, 5.41) is 2.50. The number of carbonyl (C=O) groups is 1. The summed E-state index contributed by atoms with van der Waals surface area (Å²) in [6, 6.07) is 11.4. The number of methoxy groups -OCH3 is 1. The number of amides is 1. The molecule has 0 saturated heterocycles. The van der Waals surface area contributed by atoms with Gasteiger partial charge in [0.1, 0.15) is 5.75 Å². The van der Waals surface area contributed by atoms with Gasteiger partial charge in [-0.15, -0.1) is 0 Å². The zero-order valence-corrected chi connectivity index (χ0v) is 10.1. The molecule has 94 valence electrons. The number of carbonyl (C=O) groups excluding carboxylic acids is 1. The molecular weight excluding hydrogens is 226 g/mol. The van der Waals surface area contributed by atoms with Crippen molar-refractivity contribution in [3.63, 3.8) is 0 Å². The number of ether oxygens (including phenoxy) is 1. The van der Waals surface area contributed by atoms with E-state index in [2.05, 4.69) is 0 Å². The van der Waals surface area contributed by atoms with Crippen LogP contribution >= 0.6 is 0 Å². The van der Waals surface area contributed by atoms with Crippen molar-refractivity contribution in [1.82, 2.24) is 5.31 Å². The van der Waals surface area contributed by atoms with Crippen LogP contribution in [0.4, 0.5) is 0 Å². The highest BCUT2D eigenvalue weighted by Gasteiger charge is 2.03. The molecule has 2 rings (SSSR count). The molecule has 2 aromatic carbocycles. The van der Waals surface area contributed by atoms with E-state index in [0.29, 0.717) is 11.7 Å². The van der Waals surface area contributed by atoms with E-state index in [-0.39, 0.29) is 6.54 Å². The highest BCUT2D eigenvalue weighted by molar-refractivity contribution is 5.87. The Kier molecular flexibility index (Phi) is 2.50. The number of fused-ring (bicyclic) bond motifs is 1. The van der Waals surface area contributed by atoms with Crippen molar-refractivity contribution >= 4 is 16.7 Å². The standard InChI is InChI=1S/C15H17NO2/c1-11(17)16-9-8-13-5-3-4-12-6-7-14(18-2)10-15(12)13/h3-7,10H,8-9H2,1-2H3,(H,16,17)/i1D3/hD. The number of nitrogens with one attached hydrogen (secondary N) is 1. The molecule has 18 heavy (non-hydrogen) atoms. The summed E-state index contributed by atoms with van der Waals surface area (Å²) in [5.41, 5.74) is 0.937. The molecule has 3 heteroatoms. The van der Waals surface area contributed by atoms with Gasteiger partial charge in [0, 0.05) is 17.5 Å². The average Bonchev–Trinajstić information content (AvgIpc) is 2.50. The lowest BCUT2D eigenvalue weighted by atomic mass is 10.0. The van der Waals surface area contributed by atoms with Gasteiger partial charge >= 0.3 is 0 Å². The van der Waals surface area contributed by atoms with E-state index in [1.54, 1.807) is 7.11 Å². The predicted molar refractivity (Wildman–Crippen MR) is 72.9 cm³/mol. The third-order valence-electron chi connectivity index (χ3n) is 2.82. The minimum Gasteiger partial charge on any atom is -0.497 e. The van der Waals surface area contributed by atoms with Crippen LogP contribution in [0.3, 0.4) is 0 Å². The largest absolute Gasteiger partial charge is 0.497 e. The van der Waals surface area contributed by atoms with Crippen molar-refractivity contribution in [2.75, 3.05) is 13.7 Å². The quantitative estimate of drug-likeness (QED) is 0.901. The van der Waals surface area contributed by atoms with Gasteiger partial charge in [0.2, 0.25) is 5.91 Å². The van der Waals surface area contributed by atoms with E-state index in [1.807, 2.05) is 36.4 Å². The molecule has 0 aliphatic rings. The summed E-state index contributed by atoms with van der Waals surface area (Å²) in [6.07, 6.45) is 0.399. The first-order chi connectivity index (χ1) is 10.3. The van der Waals surface area contributed by atoms with E-state index in [0.717, 1.165) is 22.1 Å². The van der Waals surface area contributed by atoms with Crippen molar-refractivity contribution in [3.05, 3.63) is 42.0 Å². The fourth-order valence-corrected chi connectivity index (χ4v) is 1.94. The molecule has 3 nitrogen and oxygen atoms in total. The minimum atomic E-state index is -2.77. The number of hydrogen-bond donors (Lipinski definition) is 1. The Morgan fingerprint density at radius 1 is 1.44 bits per heavy atom. The maximum atomic E-state index is 11.5. The SMILES string of the molecule is [2H]N(CCc1cccc2ccc(OC)cc12)C(=O)C([2H])([2H])[2H]. The molecule has 0 bridgehead atoms. The molecule has 0 heterocycles. The summed E-state index contributed by atoms with van der Waals surface area (Å²) < 4.78 is 33.9. The first-order valence-corrected chi connectivity index (χ1v) is 5.69. The first-order valence-electron chi connectivity index (χ1n) is 7.64. The first kappa shape index (κ1) is 8.14. The van der Waals surface area contributed by atoms with Crippen LogP contribution in [0.1, 0.15) is 16.5 Å². The van der Waals surface area contributed by atoms with Gasteiger partial charge in [-0.05, 0) is 34.9 Å². The van der Waals surface area contributed by atoms with Gasteiger partial charge in [0.25, 0.3) is 0 Å². The Balaban J connectivity index is 2.20. The van der Waals surface area contributed by atoms with Crippen LogP contribution < -0.4 is 10.0 Å². The fourth-order valence-electron chi connectivity index (χ4n) is 1.94. The maximum Gasteiger partial charge on any atom is 0.216 e. The number of benzene rings is 2. The van der Waals surface area contributed by atoms with Crippen LogP contribution in [-0.2, 0) is 11.2 Å². The lowest BCUT2D eigenvalue weighted by Crippen LogP contribution is -2.22. The third kappa shape index (κ3) is 2.80. The molecule has 1 N–H and O–H groups in total. The second-order valence-electron chi connectivity index (χ2n) is 3.94. The molecule has 0 aliphatic carbocycles. The number of rotatable bonds is 4. The smallest absolute Gasteiger partial charge is 0.216 e. The topological polar surface area (TPSA) is 38.3 Å². The third-order valence-corrected chi connectivity index (χ3v) is 2.82. The molecule has 0 saturated carbocycles. The molecule has 1 amide bonds. The normalized spacial score (nSPS) is 14.3. The highest BCUT2D eigenvalue weighted by atomic mass is 16.5. The maximum absolute atomic E-state index is 11.5. The lowest BCUT2D eigenvalue weighted by molar-refractivity contribution is -0.118. The molecular formula is C15H17NO2. The Morgan fingerprint density at radius 3 is 3.11 bits per heavy atom. The van der Waals surface area contributed by atoms with E-state index in [1.165, 1.54) is 0 Å². The van der Waals surface area contributed by atoms with Crippen LogP contribution in [0.2, 0.25) is 1.41 Å². The van der Waals surface area contributed by atoms with E-state index >= 15 is 0 Å². The van der Waals surface area contributed by atoms with Crippen LogP contribution in [0.25, 0.3) is 10.8 Å². The van der Waals surface area contributed by atoms with Gasteiger partial charge in [-0.3, -0.25) is 4.79 Å². The summed E-state index contributed by atoms with van der Waals surface area (Å²) in [4.78, 5) is 11.5. The molecule has 2 aromatic rings. The molecule has 0 aromatic heterocycles. The van der Waals surface area contributed by atoms with Gasteiger partial charge in [-0.1, -0.05) is 24.3 Å². The second kappa shape index (κ2) is 5.54. The molecule has 0 radical (unpaired) electrons. The van der Waals surface area contributed by atoms with E-state index in [4.69, 9.17) is 10.3 Å². The molecule has 0 atom stereocenters. The monoisotopic (exact) mass is 247 g/mol. The predicted octanol–water partition coefficient (Wildman–Crippen LogP) is 2.53. The van der Waals surface area contributed by atoms with Gasteiger partial charge < -0.3 is 10.0 Å². The second-order valence-corrected chi connectivity index (χ2v) is 3.94. The van der Waals surface area contributed by atoms with Gasteiger partial charge in [0.15, 0.2) is 1.41 Å². The van der Waals surface area contributed by atoms with Gasteiger partial charge in [-0.2, -0.15) is 0 Å². The lowest BCUT2D eigenvalue weighted by Gasteiger charge is -2.08. The summed E-state index contributed by atoms with van der Waals surface area (Å²) in [7, 11) is 1.59. The Hall–Kier alpha value is -2.03. The van der Waals surface area contributed by atoms with Gasteiger partial charge in [0.05, 0.1) is 7.11 Å².